The van der Waals surface area contributed by atoms with E-state index in [1.165, 1.54) is 0 Å². The van der Waals surface area contributed by atoms with Crippen LogP contribution in [0.3, 0.4) is 0 Å². The van der Waals surface area contributed by atoms with Crippen LogP contribution in [0.25, 0.3) is 0 Å². The van der Waals surface area contributed by atoms with E-state index in [9.17, 15) is 0 Å². The maximum Gasteiger partial charge on any atom is 0.129 e. The van der Waals surface area contributed by atoms with Gasteiger partial charge in [0.15, 0.2) is 0 Å². The lowest BCUT2D eigenvalue weighted by Gasteiger charge is -1.62. The van der Waals surface area contributed by atoms with Crippen LogP contribution < -0.4 is 0 Å². The van der Waals surface area contributed by atoms with E-state index in [1.807, 2.05) is 26.0 Å². The quantitative estimate of drug-likeness (QED) is 0.277. The first-order chi connectivity index (χ1) is 2.91. The van der Waals surface area contributed by atoms with Gasteiger partial charge in [0.05, 0.1) is 0 Å². The highest BCUT2D eigenvalue weighted by Crippen LogP contribution is 1.75. The summed E-state index contributed by atoms with van der Waals surface area (Å²) in [4.78, 5) is 0. The van der Waals surface area contributed by atoms with Crippen LogP contribution in [-0.2, 0) is 0 Å². The van der Waals surface area contributed by atoms with Crippen molar-refractivity contribution in [1.82, 2.24) is 0 Å². The molecule has 0 aromatic carbocycles. The van der Waals surface area contributed by atoms with Gasteiger partial charge in [-0.1, -0.05) is 12.2 Å². The summed E-state index contributed by atoms with van der Waals surface area (Å²) in [5, 5.41) is 1.69. The summed E-state index contributed by atoms with van der Waals surface area (Å²) in [7, 11) is 1.97. The van der Waals surface area contributed by atoms with Crippen molar-refractivity contribution in [2.75, 3.05) is 0 Å². The third kappa shape index (κ3) is 3.89. The van der Waals surface area contributed by atoms with E-state index in [2.05, 4.69) is 12.6 Å². The van der Waals surface area contributed by atoms with E-state index in [0.717, 1.165) is 0 Å². The Hall–Kier alpha value is -0.105. The Kier molecular flexibility index (Phi) is 4.81. The maximum atomic E-state index is 3.82. The van der Waals surface area contributed by atoms with Gasteiger partial charge >= 0.3 is 0 Å². The van der Waals surface area contributed by atoms with Gasteiger partial charge < -0.3 is 0 Å². The lowest BCUT2D eigenvalue weighted by molar-refractivity contribution is 2.09. The average molecular weight is 98.0 g/mol. The molecule has 0 radical (unpaired) electrons. The Labute approximate surface area is 44.8 Å². The van der Waals surface area contributed by atoms with Crippen molar-refractivity contribution in [1.29, 1.82) is 0 Å². The molecular weight excluding hydrogens is 90.9 g/mol. The van der Waals surface area contributed by atoms with Gasteiger partial charge in [-0.15, -0.1) is 5.98 Å². The van der Waals surface area contributed by atoms with Gasteiger partial charge in [0, 0.05) is 0 Å². The molecule has 6 heavy (non-hydrogen) atoms. The topological polar surface area (TPSA) is 0 Å². The molecule has 0 fully saturated rings. The van der Waals surface area contributed by atoms with Crippen molar-refractivity contribution < 1.29 is 0 Å². The molecule has 0 aromatic heterocycles. The minimum absolute atomic E-state index is 1.69. The Morgan fingerprint density at radius 1 is 1.33 bits per heavy atom. The van der Waals surface area contributed by atoms with Crippen molar-refractivity contribution in [3.63, 3.8) is 0 Å². The van der Waals surface area contributed by atoms with E-state index < -0.39 is 0 Å². The van der Waals surface area contributed by atoms with Gasteiger partial charge in [0.25, 0.3) is 0 Å². The lowest BCUT2D eigenvalue weighted by Crippen LogP contribution is -1.45. The molecule has 0 atom stereocenters. The first-order valence-corrected chi connectivity index (χ1v) is 2.35. The highest BCUT2D eigenvalue weighted by Gasteiger charge is 1.49. The van der Waals surface area contributed by atoms with E-state index in [1.54, 1.807) is 5.41 Å². The molecule has 32 valence electrons. The second-order valence-electron chi connectivity index (χ2n) is 0.867. The highest BCUT2D eigenvalue weighted by atomic mass is 32.1. The molecule has 0 aliphatic heterocycles. The monoisotopic (exact) mass is 98.0 g/mol. The Morgan fingerprint density at radius 2 is 2.00 bits per heavy atom. The van der Waals surface area contributed by atoms with Crippen molar-refractivity contribution in [3.05, 3.63) is 23.5 Å². The third-order valence-corrected chi connectivity index (χ3v) is 0.562. The zero-order valence-electron chi connectivity index (χ0n) is 3.76. The second-order valence-corrected chi connectivity index (χ2v) is 1.17. The average Bonchev–Trinajstić information content (AvgIpc) is 1.61. The number of allylic oxidation sites excluding steroid dienone is 2. The fourth-order valence-corrected chi connectivity index (χ4v) is 0.260. The molecule has 0 rings (SSSR count). The summed E-state index contributed by atoms with van der Waals surface area (Å²) >= 11 is 3.82. The number of thiol groups is 1. The van der Waals surface area contributed by atoms with E-state index >= 15 is 0 Å². The minimum Gasteiger partial charge on any atom is -0.151 e. The predicted molar refractivity (Wildman–Crippen MR) is 35.8 cm³/mol. The van der Waals surface area contributed by atoms with E-state index in [-0.39, 0.29) is 0 Å². The van der Waals surface area contributed by atoms with E-state index in [0.29, 0.717) is 0 Å². The number of hydrogen-bond donors (Lipinski definition) is 1. The van der Waals surface area contributed by atoms with Crippen LogP contribution >= 0.6 is 12.6 Å². The molecular formula is C4H7BS. The van der Waals surface area contributed by atoms with Crippen molar-refractivity contribution in [2.45, 2.75) is 0 Å². The van der Waals surface area contributed by atoms with Crippen molar-refractivity contribution >= 4 is 20.5 Å². The van der Waals surface area contributed by atoms with Crippen LogP contribution in [-0.4, -0.2) is 7.85 Å². The molecule has 0 aliphatic rings. The zero-order chi connectivity index (χ0) is 4.83. The Bertz CT molecular complexity index is 55.9. The molecule has 0 aromatic rings. The van der Waals surface area contributed by atoms with Crippen molar-refractivity contribution in [3.8, 4) is 0 Å². The highest BCUT2D eigenvalue weighted by molar-refractivity contribution is 7.83. The van der Waals surface area contributed by atoms with Gasteiger partial charge in [-0.25, -0.2) is 0 Å². The zero-order valence-corrected chi connectivity index (χ0v) is 4.65. The minimum atomic E-state index is 1.69. The SMILES string of the molecule is B/C=C\C=C/S. The summed E-state index contributed by atoms with van der Waals surface area (Å²) in [6.45, 7) is 0. The van der Waals surface area contributed by atoms with Gasteiger partial charge in [-0.05, 0) is 5.41 Å². The molecule has 0 bridgehead atoms. The fraction of sp³-hybridized carbons (Fsp3) is 0. The smallest absolute Gasteiger partial charge is 0.129 e. The van der Waals surface area contributed by atoms with E-state index in [4.69, 9.17) is 0 Å². The van der Waals surface area contributed by atoms with Gasteiger partial charge in [0.1, 0.15) is 7.85 Å². The second kappa shape index (κ2) is 4.89. The van der Waals surface area contributed by atoms with Crippen LogP contribution in [0.2, 0.25) is 0 Å². The summed E-state index contributed by atoms with van der Waals surface area (Å²) in [6.07, 6.45) is 3.79. The van der Waals surface area contributed by atoms with Gasteiger partial charge in [-0.2, -0.15) is 12.6 Å². The van der Waals surface area contributed by atoms with Crippen LogP contribution in [0.5, 0.6) is 0 Å². The summed E-state index contributed by atoms with van der Waals surface area (Å²) < 4.78 is 0. The molecule has 0 saturated carbocycles. The van der Waals surface area contributed by atoms with Crippen LogP contribution in [0.15, 0.2) is 23.5 Å². The molecule has 0 N–H and O–H groups in total. The molecule has 0 nitrogen and oxygen atoms in total. The summed E-state index contributed by atoms with van der Waals surface area (Å²) in [5.74, 6) is 1.95. The molecule has 2 heteroatoms. The normalized spacial score (nSPS) is 11.5. The molecule has 0 unspecified atom stereocenters. The fourth-order valence-electron chi connectivity index (χ4n) is 0.161. The standard InChI is InChI=1S/C4H7BS/c5-3-1-2-4-6/h1-4,6H,5H2/b3-1-,4-2-. The molecule has 0 spiro atoms. The van der Waals surface area contributed by atoms with Crippen molar-refractivity contribution in [2.24, 2.45) is 0 Å². The Balaban J connectivity index is 3.07. The van der Waals surface area contributed by atoms with Gasteiger partial charge in [-0.3, -0.25) is 0 Å². The Morgan fingerprint density at radius 3 is 2.17 bits per heavy atom. The largest absolute Gasteiger partial charge is 0.151 e. The summed E-state index contributed by atoms with van der Waals surface area (Å²) in [6, 6.07) is 0. The summed E-state index contributed by atoms with van der Waals surface area (Å²) in [5.41, 5.74) is 0. The predicted octanol–water partition coefficient (Wildman–Crippen LogP) is 0.577. The molecule has 0 saturated heterocycles. The maximum absolute atomic E-state index is 3.82. The van der Waals surface area contributed by atoms with Crippen LogP contribution in [0.4, 0.5) is 0 Å². The number of rotatable bonds is 1. The first-order valence-electron chi connectivity index (χ1n) is 1.84. The molecule has 0 heterocycles. The van der Waals surface area contributed by atoms with Crippen LogP contribution in [0, 0.1) is 0 Å². The molecule has 0 amide bonds. The first kappa shape index (κ1) is 5.89. The van der Waals surface area contributed by atoms with Gasteiger partial charge in [0.2, 0.25) is 0 Å². The number of hydrogen-bond acceptors (Lipinski definition) is 1. The lowest BCUT2D eigenvalue weighted by atomic mass is 10.1. The molecule has 0 aliphatic carbocycles. The third-order valence-electron chi connectivity index (χ3n) is 0.390. The van der Waals surface area contributed by atoms with Crippen LogP contribution in [0.1, 0.15) is 0 Å².